The molecule has 4 amide bonds. The van der Waals surface area contributed by atoms with E-state index in [0.29, 0.717) is 11.4 Å². The van der Waals surface area contributed by atoms with E-state index in [-0.39, 0.29) is 55.6 Å². The Bertz CT molecular complexity index is 977. The van der Waals surface area contributed by atoms with Gasteiger partial charge < -0.3 is 20.4 Å². The first-order valence-electron chi connectivity index (χ1n) is 10.1. The maximum atomic E-state index is 13.0. The lowest BCUT2D eigenvalue weighted by molar-refractivity contribution is -0.134. The van der Waals surface area contributed by atoms with Crippen molar-refractivity contribution in [3.05, 3.63) is 60.2 Å². The minimum atomic E-state index is -0.375. The van der Waals surface area contributed by atoms with Gasteiger partial charge in [0.1, 0.15) is 0 Å². The average molecular weight is 422 g/mol. The van der Waals surface area contributed by atoms with Gasteiger partial charge in [-0.15, -0.1) is 0 Å². The van der Waals surface area contributed by atoms with Gasteiger partial charge in [0.05, 0.1) is 30.9 Å². The van der Waals surface area contributed by atoms with E-state index in [1.165, 1.54) is 11.9 Å². The molecule has 1 atom stereocenters. The normalized spacial score (nSPS) is 15.4. The van der Waals surface area contributed by atoms with Crippen LogP contribution in [0.15, 0.2) is 54.6 Å². The fourth-order valence-corrected chi connectivity index (χ4v) is 3.49. The molecule has 0 aliphatic carbocycles. The van der Waals surface area contributed by atoms with Crippen molar-refractivity contribution in [1.82, 2.24) is 10.2 Å². The first-order valence-corrected chi connectivity index (χ1v) is 10.1. The zero-order valence-electron chi connectivity index (χ0n) is 17.6. The van der Waals surface area contributed by atoms with Crippen molar-refractivity contribution in [3.63, 3.8) is 0 Å². The Kier molecular flexibility index (Phi) is 7.02. The number of carbonyl (C=O) groups excluding carboxylic acids is 4. The van der Waals surface area contributed by atoms with Gasteiger partial charge in [0.25, 0.3) is 0 Å². The van der Waals surface area contributed by atoms with E-state index in [4.69, 9.17) is 0 Å². The Balaban J connectivity index is 1.58. The van der Waals surface area contributed by atoms with Gasteiger partial charge in [0.2, 0.25) is 23.6 Å². The zero-order chi connectivity index (χ0) is 22.4. The molecule has 0 aromatic heterocycles. The highest BCUT2D eigenvalue weighted by atomic mass is 16.2. The number of fused-ring (bicyclic) bond motifs is 1. The van der Waals surface area contributed by atoms with Gasteiger partial charge in [-0.25, -0.2) is 0 Å². The smallest absolute Gasteiger partial charge is 0.246 e. The zero-order valence-corrected chi connectivity index (χ0v) is 17.6. The predicted molar refractivity (Wildman–Crippen MR) is 117 cm³/mol. The summed E-state index contributed by atoms with van der Waals surface area (Å²) in [7, 11) is 1.52. The van der Waals surface area contributed by atoms with Gasteiger partial charge in [0.15, 0.2) is 0 Å². The molecule has 1 aliphatic rings. The van der Waals surface area contributed by atoms with Crippen molar-refractivity contribution < 1.29 is 19.2 Å². The van der Waals surface area contributed by atoms with E-state index in [0.717, 1.165) is 5.56 Å². The Morgan fingerprint density at radius 2 is 1.77 bits per heavy atom. The van der Waals surface area contributed by atoms with Crippen LogP contribution in [-0.2, 0) is 25.6 Å². The molecule has 1 heterocycles. The van der Waals surface area contributed by atoms with E-state index in [2.05, 4.69) is 10.6 Å². The number of hydrogen-bond donors (Lipinski definition) is 2. The Labute approximate surface area is 181 Å². The third kappa shape index (κ3) is 5.69. The quantitative estimate of drug-likeness (QED) is 0.738. The summed E-state index contributed by atoms with van der Waals surface area (Å²) in [5.74, 6) is -1.11. The number of amides is 4. The molecule has 31 heavy (non-hydrogen) atoms. The number of nitrogens with zero attached hydrogens (tertiary/aromatic N) is 2. The second-order valence-corrected chi connectivity index (χ2v) is 7.57. The van der Waals surface area contributed by atoms with Crippen molar-refractivity contribution >= 4 is 35.0 Å². The van der Waals surface area contributed by atoms with E-state index < -0.39 is 0 Å². The standard InChI is InChI=1S/C23H26N4O4/c1-16-12-21(29)25-18-10-6-7-11-19(18)27(16)23(31)15-26(2)22(30)14-24-20(28)13-17-8-4-3-5-9-17/h3-11,16H,12-15H2,1-2H3,(H,24,28)(H,25,29)/t16-/m1/s1. The third-order valence-electron chi connectivity index (χ3n) is 5.07. The molecule has 1 aliphatic heterocycles. The highest BCUT2D eigenvalue weighted by molar-refractivity contribution is 6.05. The second kappa shape index (κ2) is 9.88. The molecule has 8 heteroatoms. The molecule has 162 valence electrons. The molecule has 0 radical (unpaired) electrons. The van der Waals surface area contributed by atoms with Crippen molar-refractivity contribution in [1.29, 1.82) is 0 Å². The van der Waals surface area contributed by atoms with Gasteiger partial charge >= 0.3 is 0 Å². The van der Waals surface area contributed by atoms with Crippen molar-refractivity contribution in [3.8, 4) is 0 Å². The Morgan fingerprint density at radius 3 is 2.52 bits per heavy atom. The molecule has 2 aromatic rings. The number of para-hydroxylation sites is 2. The highest BCUT2D eigenvalue weighted by Crippen LogP contribution is 2.31. The maximum absolute atomic E-state index is 13.0. The molecule has 2 N–H and O–H groups in total. The molecule has 0 saturated carbocycles. The SMILES string of the molecule is C[C@@H]1CC(=O)Nc2ccccc2N1C(=O)CN(C)C(=O)CNC(=O)Cc1ccccc1. The molecule has 0 saturated heterocycles. The van der Waals surface area contributed by atoms with Crippen LogP contribution >= 0.6 is 0 Å². The lowest BCUT2D eigenvalue weighted by Crippen LogP contribution is -2.47. The molecule has 0 spiro atoms. The minimum absolute atomic E-state index is 0.160. The van der Waals surface area contributed by atoms with E-state index in [9.17, 15) is 19.2 Å². The van der Waals surface area contributed by atoms with Crippen LogP contribution in [0, 0.1) is 0 Å². The summed E-state index contributed by atoms with van der Waals surface area (Å²) in [6.07, 6.45) is 0.341. The summed E-state index contributed by atoms with van der Waals surface area (Å²) in [6, 6.07) is 16.0. The van der Waals surface area contributed by atoms with Gasteiger partial charge in [0, 0.05) is 19.5 Å². The van der Waals surface area contributed by atoms with E-state index in [1.807, 2.05) is 30.3 Å². The lowest BCUT2D eigenvalue weighted by Gasteiger charge is -2.29. The van der Waals surface area contributed by atoms with Crippen LogP contribution in [0.3, 0.4) is 0 Å². The highest BCUT2D eigenvalue weighted by Gasteiger charge is 2.30. The van der Waals surface area contributed by atoms with Gasteiger partial charge in [-0.05, 0) is 24.6 Å². The summed E-state index contributed by atoms with van der Waals surface area (Å²) in [6.45, 7) is 1.44. The first kappa shape index (κ1) is 22.0. The van der Waals surface area contributed by atoms with Crippen LogP contribution in [0.1, 0.15) is 18.9 Å². The minimum Gasteiger partial charge on any atom is -0.347 e. The average Bonchev–Trinajstić information content (AvgIpc) is 2.86. The van der Waals surface area contributed by atoms with Crippen LogP contribution in [0.5, 0.6) is 0 Å². The number of hydrogen-bond acceptors (Lipinski definition) is 4. The van der Waals surface area contributed by atoms with Crippen LogP contribution in [-0.4, -0.2) is 54.7 Å². The second-order valence-electron chi connectivity index (χ2n) is 7.57. The van der Waals surface area contributed by atoms with Crippen molar-refractivity contribution in [2.45, 2.75) is 25.8 Å². The molecular weight excluding hydrogens is 396 g/mol. The first-order chi connectivity index (χ1) is 14.8. The number of rotatable bonds is 6. The largest absolute Gasteiger partial charge is 0.347 e. The van der Waals surface area contributed by atoms with Crippen molar-refractivity contribution in [2.24, 2.45) is 0 Å². The fourth-order valence-electron chi connectivity index (χ4n) is 3.49. The molecule has 0 unspecified atom stereocenters. The van der Waals surface area contributed by atoms with Gasteiger partial charge in [-0.3, -0.25) is 19.2 Å². The van der Waals surface area contributed by atoms with E-state index in [1.54, 1.807) is 36.1 Å². The molecule has 0 fully saturated rings. The summed E-state index contributed by atoms with van der Waals surface area (Å²) in [4.78, 5) is 52.4. The van der Waals surface area contributed by atoms with Crippen LogP contribution in [0.4, 0.5) is 11.4 Å². The monoisotopic (exact) mass is 422 g/mol. The van der Waals surface area contributed by atoms with Crippen molar-refractivity contribution in [2.75, 3.05) is 30.4 Å². The number of benzene rings is 2. The number of nitrogens with one attached hydrogen (secondary N) is 2. The Morgan fingerprint density at radius 1 is 1.10 bits per heavy atom. The molecular formula is C23H26N4O4. The third-order valence-corrected chi connectivity index (χ3v) is 5.07. The predicted octanol–water partition coefficient (Wildman–Crippen LogP) is 1.57. The van der Waals surface area contributed by atoms with Crippen LogP contribution in [0.25, 0.3) is 0 Å². The number of likely N-dealkylation sites (N-methyl/N-ethyl adjacent to an activating group) is 1. The summed E-state index contributed by atoms with van der Waals surface area (Å²) >= 11 is 0. The molecule has 2 aromatic carbocycles. The van der Waals surface area contributed by atoms with Crippen LogP contribution < -0.4 is 15.5 Å². The van der Waals surface area contributed by atoms with Gasteiger partial charge in [-0.2, -0.15) is 0 Å². The number of carbonyl (C=O) groups is 4. The molecule has 8 nitrogen and oxygen atoms in total. The van der Waals surface area contributed by atoms with Gasteiger partial charge in [-0.1, -0.05) is 42.5 Å². The molecule has 3 rings (SSSR count). The fraction of sp³-hybridized carbons (Fsp3) is 0.304. The van der Waals surface area contributed by atoms with Crippen LogP contribution in [0.2, 0.25) is 0 Å². The molecule has 0 bridgehead atoms. The summed E-state index contributed by atoms with van der Waals surface area (Å²) < 4.78 is 0. The maximum Gasteiger partial charge on any atom is 0.246 e. The number of anilines is 2. The summed E-state index contributed by atoms with van der Waals surface area (Å²) in [5, 5.41) is 5.40. The Hall–Kier alpha value is -3.68. The lowest BCUT2D eigenvalue weighted by atomic mass is 10.1. The van der Waals surface area contributed by atoms with E-state index >= 15 is 0 Å². The topological polar surface area (TPSA) is 98.8 Å². The summed E-state index contributed by atoms with van der Waals surface area (Å²) in [5.41, 5.74) is 2.02.